The average Bonchev–Trinajstić information content (AvgIpc) is 2.23. The molecule has 0 aromatic carbocycles. The molecule has 0 fully saturated rings. The molecule has 0 rings (SSSR count). The van der Waals surface area contributed by atoms with E-state index in [0.29, 0.717) is 19.6 Å². The van der Waals surface area contributed by atoms with Crippen LogP contribution in [-0.4, -0.2) is 43.9 Å². The molecule has 2 atom stereocenters. The zero-order chi connectivity index (χ0) is 14.2. The average molecular weight is 260 g/mol. The van der Waals surface area contributed by atoms with Crippen molar-refractivity contribution >= 4 is 5.91 Å². The van der Waals surface area contributed by atoms with Crippen molar-refractivity contribution < 1.29 is 14.3 Å². The normalized spacial score (nSPS) is 16.6. The Hall–Kier alpha value is -0.650. The maximum atomic E-state index is 11.6. The van der Waals surface area contributed by atoms with Crippen molar-refractivity contribution in [3.05, 3.63) is 0 Å². The molecule has 3 N–H and O–H groups in total. The van der Waals surface area contributed by atoms with E-state index in [1.54, 1.807) is 7.11 Å². The molecule has 0 aromatic rings. The second-order valence-corrected chi connectivity index (χ2v) is 5.23. The van der Waals surface area contributed by atoms with E-state index >= 15 is 0 Å². The SMILES string of the molecule is COCCCOC(C)CC(C)(NC(C)C)C(N)=O. The number of nitrogens with two attached hydrogens (primary N) is 1. The lowest BCUT2D eigenvalue weighted by Gasteiger charge is -2.32. The van der Waals surface area contributed by atoms with Gasteiger partial charge in [-0.05, 0) is 34.1 Å². The molecule has 1 amide bonds. The van der Waals surface area contributed by atoms with Crippen molar-refractivity contribution in [2.24, 2.45) is 5.73 Å². The fraction of sp³-hybridized carbons (Fsp3) is 0.923. The number of primary amides is 1. The van der Waals surface area contributed by atoms with Crippen LogP contribution in [0, 0.1) is 0 Å². The molecule has 0 spiro atoms. The third kappa shape index (κ3) is 6.93. The van der Waals surface area contributed by atoms with Crippen molar-refractivity contribution in [3.63, 3.8) is 0 Å². The first-order valence-electron chi connectivity index (χ1n) is 6.50. The third-order valence-corrected chi connectivity index (χ3v) is 2.74. The maximum Gasteiger partial charge on any atom is 0.237 e. The summed E-state index contributed by atoms with van der Waals surface area (Å²) in [4.78, 5) is 11.6. The van der Waals surface area contributed by atoms with Crippen LogP contribution in [0.5, 0.6) is 0 Å². The highest BCUT2D eigenvalue weighted by molar-refractivity contribution is 5.84. The summed E-state index contributed by atoms with van der Waals surface area (Å²) in [6.07, 6.45) is 1.39. The molecule has 0 bridgehead atoms. The Bertz CT molecular complexity index is 246. The largest absolute Gasteiger partial charge is 0.385 e. The van der Waals surface area contributed by atoms with Crippen LogP contribution >= 0.6 is 0 Å². The molecular weight excluding hydrogens is 232 g/mol. The summed E-state index contributed by atoms with van der Waals surface area (Å²) in [5.41, 5.74) is 4.74. The van der Waals surface area contributed by atoms with Crippen molar-refractivity contribution in [1.82, 2.24) is 5.32 Å². The second-order valence-electron chi connectivity index (χ2n) is 5.23. The van der Waals surface area contributed by atoms with Gasteiger partial charge >= 0.3 is 0 Å². The number of hydrogen-bond donors (Lipinski definition) is 2. The molecule has 0 heterocycles. The number of nitrogens with one attached hydrogen (secondary N) is 1. The Labute approximate surface area is 110 Å². The first-order valence-corrected chi connectivity index (χ1v) is 6.50. The quantitative estimate of drug-likeness (QED) is 0.576. The molecule has 2 unspecified atom stereocenters. The number of rotatable bonds is 10. The monoisotopic (exact) mass is 260 g/mol. The van der Waals surface area contributed by atoms with Gasteiger partial charge in [-0.1, -0.05) is 0 Å². The smallest absolute Gasteiger partial charge is 0.237 e. The fourth-order valence-electron chi connectivity index (χ4n) is 1.99. The Balaban J connectivity index is 4.19. The topological polar surface area (TPSA) is 73.6 Å². The predicted molar refractivity (Wildman–Crippen MR) is 72.4 cm³/mol. The van der Waals surface area contributed by atoms with Crippen LogP contribution in [0.15, 0.2) is 0 Å². The zero-order valence-electron chi connectivity index (χ0n) is 12.3. The molecule has 0 aromatic heterocycles. The van der Waals surface area contributed by atoms with Gasteiger partial charge in [-0.15, -0.1) is 0 Å². The molecule has 0 saturated carbocycles. The molecule has 0 radical (unpaired) electrons. The first-order chi connectivity index (χ1) is 8.31. The highest BCUT2D eigenvalue weighted by atomic mass is 16.5. The maximum absolute atomic E-state index is 11.6. The van der Waals surface area contributed by atoms with Gasteiger partial charge in [0.2, 0.25) is 5.91 Å². The Morgan fingerprint density at radius 2 is 1.94 bits per heavy atom. The van der Waals surface area contributed by atoms with E-state index in [4.69, 9.17) is 15.2 Å². The summed E-state index contributed by atoms with van der Waals surface area (Å²) < 4.78 is 10.6. The lowest BCUT2D eigenvalue weighted by molar-refractivity contribution is -0.125. The van der Waals surface area contributed by atoms with Crippen LogP contribution in [0.2, 0.25) is 0 Å². The third-order valence-electron chi connectivity index (χ3n) is 2.74. The van der Waals surface area contributed by atoms with E-state index in [9.17, 15) is 4.79 Å². The molecule has 5 heteroatoms. The summed E-state index contributed by atoms with van der Waals surface area (Å²) in [7, 11) is 1.67. The van der Waals surface area contributed by atoms with Gasteiger partial charge in [-0.2, -0.15) is 0 Å². The molecule has 18 heavy (non-hydrogen) atoms. The van der Waals surface area contributed by atoms with Crippen LogP contribution in [0.25, 0.3) is 0 Å². The van der Waals surface area contributed by atoms with Crippen LogP contribution in [0.1, 0.15) is 40.5 Å². The number of methoxy groups -OCH3 is 1. The molecule has 0 aliphatic heterocycles. The number of carbonyl (C=O) groups excluding carboxylic acids is 1. The van der Waals surface area contributed by atoms with E-state index in [0.717, 1.165) is 6.42 Å². The Morgan fingerprint density at radius 1 is 1.33 bits per heavy atom. The number of ether oxygens (including phenoxy) is 2. The van der Waals surface area contributed by atoms with Gasteiger partial charge in [0.15, 0.2) is 0 Å². The molecule has 0 aliphatic rings. The first kappa shape index (κ1) is 17.4. The highest BCUT2D eigenvalue weighted by Crippen LogP contribution is 2.15. The second kappa shape index (κ2) is 8.45. The van der Waals surface area contributed by atoms with Crippen molar-refractivity contribution in [2.75, 3.05) is 20.3 Å². The van der Waals surface area contributed by atoms with Crippen molar-refractivity contribution in [2.45, 2.75) is 58.2 Å². The van der Waals surface area contributed by atoms with Crippen LogP contribution in [0.4, 0.5) is 0 Å². The van der Waals surface area contributed by atoms with E-state index in [1.165, 1.54) is 0 Å². The highest BCUT2D eigenvalue weighted by Gasteiger charge is 2.33. The Morgan fingerprint density at radius 3 is 2.39 bits per heavy atom. The van der Waals surface area contributed by atoms with Crippen molar-refractivity contribution in [3.8, 4) is 0 Å². The van der Waals surface area contributed by atoms with Gasteiger partial charge in [0.1, 0.15) is 0 Å². The summed E-state index contributed by atoms with van der Waals surface area (Å²) >= 11 is 0. The van der Waals surface area contributed by atoms with E-state index in [1.807, 2.05) is 27.7 Å². The van der Waals surface area contributed by atoms with E-state index < -0.39 is 5.54 Å². The lowest BCUT2D eigenvalue weighted by Crippen LogP contribution is -2.57. The summed E-state index contributed by atoms with van der Waals surface area (Å²) in [6.45, 7) is 9.08. The fourth-order valence-corrected chi connectivity index (χ4v) is 1.99. The van der Waals surface area contributed by atoms with E-state index in [2.05, 4.69) is 5.32 Å². The molecule has 108 valence electrons. The van der Waals surface area contributed by atoms with Gasteiger partial charge < -0.3 is 20.5 Å². The van der Waals surface area contributed by atoms with Crippen LogP contribution < -0.4 is 11.1 Å². The summed E-state index contributed by atoms with van der Waals surface area (Å²) in [5.74, 6) is -0.344. The zero-order valence-corrected chi connectivity index (χ0v) is 12.3. The van der Waals surface area contributed by atoms with Crippen LogP contribution in [-0.2, 0) is 14.3 Å². The predicted octanol–water partition coefficient (Wildman–Crippen LogP) is 1.06. The van der Waals surface area contributed by atoms with Gasteiger partial charge in [0.25, 0.3) is 0 Å². The van der Waals surface area contributed by atoms with E-state index in [-0.39, 0.29) is 18.1 Å². The summed E-state index contributed by atoms with van der Waals surface area (Å²) in [6, 6.07) is 0.197. The number of amides is 1. The van der Waals surface area contributed by atoms with Gasteiger partial charge in [0.05, 0.1) is 11.6 Å². The molecule has 0 saturated heterocycles. The standard InChI is InChI=1S/C13H28N2O3/c1-10(2)15-13(4,12(14)16)9-11(3)18-8-6-7-17-5/h10-11,15H,6-9H2,1-5H3,(H2,14,16). The van der Waals surface area contributed by atoms with Gasteiger partial charge in [0, 0.05) is 32.8 Å². The molecular formula is C13H28N2O3. The molecule has 0 aliphatic carbocycles. The lowest BCUT2D eigenvalue weighted by atomic mass is 9.93. The van der Waals surface area contributed by atoms with Crippen LogP contribution in [0.3, 0.4) is 0 Å². The number of carbonyl (C=O) groups is 1. The number of hydrogen-bond acceptors (Lipinski definition) is 4. The Kier molecular flexibility index (Phi) is 8.15. The minimum Gasteiger partial charge on any atom is -0.385 e. The minimum absolute atomic E-state index is 0.0226. The van der Waals surface area contributed by atoms with Crippen molar-refractivity contribution in [1.29, 1.82) is 0 Å². The minimum atomic E-state index is -0.727. The molecule has 5 nitrogen and oxygen atoms in total. The van der Waals surface area contributed by atoms with Gasteiger partial charge in [-0.25, -0.2) is 0 Å². The van der Waals surface area contributed by atoms with Gasteiger partial charge in [-0.3, -0.25) is 4.79 Å². The summed E-state index contributed by atoms with van der Waals surface area (Å²) in [5, 5.41) is 3.21.